The van der Waals surface area contributed by atoms with E-state index in [1.54, 1.807) is 15.7 Å². The summed E-state index contributed by atoms with van der Waals surface area (Å²) in [6.45, 7) is 9.87. The number of nitrogens with zero attached hydrogens (tertiary/aromatic N) is 1. The average Bonchev–Trinajstić information content (AvgIpc) is 2.98. The Morgan fingerprint density at radius 2 is 1.12 bits per heavy atom. The number of benzene rings is 5. The van der Waals surface area contributed by atoms with Gasteiger partial charge in [0.2, 0.25) is 0 Å². The molecule has 198 valence electrons. The van der Waals surface area contributed by atoms with Crippen molar-refractivity contribution < 1.29 is 4.74 Å². The van der Waals surface area contributed by atoms with Crippen LogP contribution in [0.4, 0.5) is 17.1 Å². The first-order valence-corrected chi connectivity index (χ1v) is 17.8. The Balaban J connectivity index is 1.53. The zero-order chi connectivity index (χ0) is 27.4. The van der Waals surface area contributed by atoms with Gasteiger partial charge >= 0.3 is 0 Å². The number of anilines is 3. The van der Waals surface area contributed by atoms with Gasteiger partial charge in [-0.2, -0.15) is 0 Å². The molecule has 0 fully saturated rings. The standard InChI is InChI=1S/C36H34NOPSi/c1-25(2)40(26(3)4)35-21-13-12-20-33(35)39(28-14-6-5-7-15-28)34-23-22-27(24-36(34)40)37-29-16-8-10-18-31(29)38-32-19-11-9-17-30(32)37/h5-26H,1-4H3. The molecule has 40 heavy (non-hydrogen) atoms. The highest BCUT2D eigenvalue weighted by molar-refractivity contribution is 7.81. The lowest BCUT2D eigenvalue weighted by atomic mass is 10.1. The van der Waals surface area contributed by atoms with Gasteiger partial charge in [0, 0.05) is 5.69 Å². The molecule has 2 nitrogen and oxygen atoms in total. The van der Waals surface area contributed by atoms with Crippen LogP contribution in [-0.4, -0.2) is 8.07 Å². The number of hydrogen-bond acceptors (Lipinski definition) is 2. The fraction of sp³-hybridized carbons (Fsp3) is 0.167. The van der Waals surface area contributed by atoms with Crippen LogP contribution >= 0.6 is 7.92 Å². The van der Waals surface area contributed by atoms with E-state index in [4.69, 9.17) is 4.74 Å². The van der Waals surface area contributed by atoms with Gasteiger partial charge in [0.1, 0.15) is 8.07 Å². The highest BCUT2D eigenvalue weighted by Crippen LogP contribution is 2.51. The molecule has 0 aliphatic carbocycles. The van der Waals surface area contributed by atoms with E-state index in [1.165, 1.54) is 16.3 Å². The minimum absolute atomic E-state index is 0.555. The van der Waals surface area contributed by atoms with Gasteiger partial charge in [-0.3, -0.25) is 0 Å². The van der Waals surface area contributed by atoms with E-state index in [1.807, 2.05) is 0 Å². The quantitative estimate of drug-likeness (QED) is 0.163. The summed E-state index contributed by atoms with van der Waals surface area (Å²) in [4.78, 5) is 2.40. The van der Waals surface area contributed by atoms with E-state index >= 15 is 0 Å². The van der Waals surface area contributed by atoms with Crippen LogP contribution in [0.25, 0.3) is 0 Å². The Labute approximate surface area is 240 Å². The lowest BCUT2D eigenvalue weighted by Crippen LogP contribution is -2.72. The molecule has 0 radical (unpaired) electrons. The monoisotopic (exact) mass is 555 g/mol. The molecule has 0 saturated carbocycles. The summed E-state index contributed by atoms with van der Waals surface area (Å²) in [5.41, 5.74) is 4.50. The molecule has 0 spiro atoms. The molecule has 1 unspecified atom stereocenters. The topological polar surface area (TPSA) is 12.5 Å². The predicted octanol–water partition coefficient (Wildman–Crippen LogP) is 7.72. The van der Waals surface area contributed by atoms with E-state index in [9.17, 15) is 0 Å². The van der Waals surface area contributed by atoms with Crippen LogP contribution in [0, 0.1) is 0 Å². The van der Waals surface area contributed by atoms with Crippen molar-refractivity contribution in [2.45, 2.75) is 38.8 Å². The molecule has 0 amide bonds. The second-order valence-corrected chi connectivity index (χ2v) is 18.7. The van der Waals surface area contributed by atoms with Crippen LogP contribution in [-0.2, 0) is 0 Å². The predicted molar refractivity (Wildman–Crippen MR) is 175 cm³/mol. The number of rotatable bonds is 4. The van der Waals surface area contributed by atoms with Gasteiger partial charge in [0.15, 0.2) is 11.5 Å². The Morgan fingerprint density at radius 1 is 0.575 bits per heavy atom. The van der Waals surface area contributed by atoms with Gasteiger partial charge in [0.05, 0.1) is 11.4 Å². The number of hydrogen-bond donors (Lipinski definition) is 0. The molecule has 5 aromatic rings. The van der Waals surface area contributed by atoms with E-state index in [-0.39, 0.29) is 0 Å². The molecule has 0 aromatic heterocycles. The molecule has 7 rings (SSSR count). The first-order valence-electron chi connectivity index (χ1n) is 14.3. The minimum Gasteiger partial charge on any atom is -0.453 e. The molecular weight excluding hydrogens is 521 g/mol. The molecule has 2 aliphatic heterocycles. The van der Waals surface area contributed by atoms with Crippen molar-refractivity contribution in [3.8, 4) is 11.5 Å². The molecule has 0 saturated heterocycles. The van der Waals surface area contributed by atoms with E-state index in [0.717, 1.165) is 22.9 Å². The van der Waals surface area contributed by atoms with Crippen LogP contribution in [0.2, 0.25) is 11.1 Å². The summed E-state index contributed by atoms with van der Waals surface area (Å²) in [6.07, 6.45) is 0. The van der Waals surface area contributed by atoms with Crippen molar-refractivity contribution in [2.24, 2.45) is 0 Å². The van der Waals surface area contributed by atoms with Gasteiger partial charge in [0.25, 0.3) is 0 Å². The molecular formula is C36H34NOPSi. The summed E-state index contributed by atoms with van der Waals surface area (Å²) in [6, 6.07) is 44.8. The maximum absolute atomic E-state index is 6.35. The van der Waals surface area contributed by atoms with E-state index < -0.39 is 16.0 Å². The highest BCUT2D eigenvalue weighted by Gasteiger charge is 2.50. The minimum atomic E-state index is -2.17. The third-order valence-electron chi connectivity index (χ3n) is 8.78. The van der Waals surface area contributed by atoms with Crippen molar-refractivity contribution in [1.29, 1.82) is 0 Å². The third kappa shape index (κ3) is 3.65. The summed E-state index contributed by atoms with van der Waals surface area (Å²) in [7, 11) is -2.82. The number of ether oxygens (including phenoxy) is 1. The number of para-hydroxylation sites is 4. The largest absolute Gasteiger partial charge is 0.453 e. The normalized spacial score (nSPS) is 16.6. The van der Waals surface area contributed by atoms with Crippen LogP contribution in [0.5, 0.6) is 11.5 Å². The van der Waals surface area contributed by atoms with E-state index in [2.05, 4.69) is 154 Å². The Bertz CT molecular complexity index is 1660. The van der Waals surface area contributed by atoms with Gasteiger partial charge < -0.3 is 9.64 Å². The molecule has 0 bridgehead atoms. The molecule has 2 aliphatic rings. The first kappa shape index (κ1) is 25.3. The summed E-state index contributed by atoms with van der Waals surface area (Å²) >= 11 is 0. The van der Waals surface area contributed by atoms with Gasteiger partial charge in [-0.25, -0.2) is 0 Å². The van der Waals surface area contributed by atoms with Crippen molar-refractivity contribution in [1.82, 2.24) is 0 Å². The van der Waals surface area contributed by atoms with E-state index in [0.29, 0.717) is 11.1 Å². The Hall–Kier alpha value is -3.65. The van der Waals surface area contributed by atoms with Crippen molar-refractivity contribution >= 4 is 59.3 Å². The summed E-state index contributed by atoms with van der Waals surface area (Å²) < 4.78 is 6.35. The second kappa shape index (κ2) is 9.77. The highest BCUT2D eigenvalue weighted by atomic mass is 31.1. The van der Waals surface area contributed by atoms with Crippen LogP contribution in [0.1, 0.15) is 27.7 Å². The molecule has 2 heterocycles. The van der Waals surface area contributed by atoms with Crippen LogP contribution < -0.4 is 35.9 Å². The third-order valence-corrected chi connectivity index (χ3v) is 18.0. The zero-order valence-electron chi connectivity index (χ0n) is 23.5. The number of fused-ring (bicyclic) bond motifs is 4. The molecule has 0 N–H and O–H groups in total. The van der Waals surface area contributed by atoms with Crippen molar-refractivity contribution in [3.63, 3.8) is 0 Å². The van der Waals surface area contributed by atoms with Crippen molar-refractivity contribution in [2.75, 3.05) is 4.90 Å². The van der Waals surface area contributed by atoms with Gasteiger partial charge in [-0.1, -0.05) is 113 Å². The smallest absolute Gasteiger partial charge is 0.151 e. The summed E-state index contributed by atoms with van der Waals surface area (Å²) in [5, 5.41) is 7.75. The van der Waals surface area contributed by atoms with Crippen LogP contribution in [0.3, 0.4) is 0 Å². The van der Waals surface area contributed by atoms with Gasteiger partial charge in [-0.15, -0.1) is 0 Å². The molecule has 5 aromatic carbocycles. The summed E-state index contributed by atoms with van der Waals surface area (Å²) in [5.74, 6) is 1.79. The fourth-order valence-corrected chi connectivity index (χ4v) is 17.3. The first-order chi connectivity index (χ1) is 19.5. The maximum atomic E-state index is 6.35. The molecule has 4 heteroatoms. The lowest BCUT2D eigenvalue weighted by molar-refractivity contribution is 0.477. The van der Waals surface area contributed by atoms with Gasteiger partial charge in [-0.05, 0) is 81.7 Å². The second-order valence-electron chi connectivity index (χ2n) is 11.4. The maximum Gasteiger partial charge on any atom is 0.151 e. The Morgan fingerprint density at radius 3 is 1.77 bits per heavy atom. The Kier molecular flexibility index (Phi) is 6.18. The SMILES string of the molecule is CC(C)[Si]1(C(C)C)c2ccccc2P(c2ccccc2)c2ccc(N3c4ccccc4Oc4ccccc43)cc21. The fourth-order valence-electron chi connectivity index (χ4n) is 7.23. The average molecular weight is 556 g/mol. The van der Waals surface area contributed by atoms with Crippen molar-refractivity contribution in [3.05, 3.63) is 121 Å². The zero-order valence-corrected chi connectivity index (χ0v) is 25.4. The molecule has 1 atom stereocenters. The lowest BCUT2D eigenvalue weighted by Gasteiger charge is -2.48. The van der Waals surface area contributed by atoms with Crippen LogP contribution in [0.15, 0.2) is 121 Å².